The van der Waals surface area contributed by atoms with Crippen molar-refractivity contribution in [3.63, 3.8) is 0 Å². The van der Waals surface area contributed by atoms with E-state index >= 15 is 0 Å². The van der Waals surface area contributed by atoms with Crippen LogP contribution in [-0.4, -0.2) is 41.9 Å². The zero-order chi connectivity index (χ0) is 20.2. The third kappa shape index (κ3) is 4.71. The van der Waals surface area contributed by atoms with Gasteiger partial charge in [-0.15, -0.1) is 0 Å². The fourth-order valence-electron chi connectivity index (χ4n) is 2.58. The highest BCUT2D eigenvalue weighted by Crippen LogP contribution is 2.39. The molecule has 2 aromatic rings. The van der Waals surface area contributed by atoms with Crippen LogP contribution in [0, 0.1) is 0 Å². The molecule has 0 saturated heterocycles. The molecule has 0 aromatic heterocycles. The van der Waals surface area contributed by atoms with Gasteiger partial charge in [0.05, 0.1) is 32.3 Å². The third-order valence-corrected chi connectivity index (χ3v) is 5.17. The van der Waals surface area contributed by atoms with Gasteiger partial charge in [0.15, 0.2) is 21.3 Å². The average molecular weight is 393 g/mol. The zero-order valence-electron chi connectivity index (χ0n) is 15.9. The van der Waals surface area contributed by atoms with E-state index in [1.807, 2.05) is 0 Å². The summed E-state index contributed by atoms with van der Waals surface area (Å²) in [4.78, 5) is 12.6. The van der Waals surface area contributed by atoms with Crippen LogP contribution < -0.4 is 19.5 Å². The Hall–Kier alpha value is -2.74. The molecule has 0 fully saturated rings. The van der Waals surface area contributed by atoms with Crippen molar-refractivity contribution < 1.29 is 27.4 Å². The van der Waals surface area contributed by atoms with Crippen molar-refractivity contribution in [1.82, 2.24) is 5.32 Å². The Kier molecular flexibility index (Phi) is 6.32. The highest BCUT2D eigenvalue weighted by molar-refractivity contribution is 7.90. The predicted octanol–water partition coefficient (Wildman–Crippen LogP) is 2.61. The molecule has 0 spiro atoms. The van der Waals surface area contributed by atoms with Crippen molar-refractivity contribution in [3.05, 3.63) is 47.5 Å². The Morgan fingerprint density at radius 3 is 2.07 bits per heavy atom. The van der Waals surface area contributed by atoms with E-state index in [1.165, 1.54) is 39.5 Å². The number of benzene rings is 2. The van der Waals surface area contributed by atoms with Crippen molar-refractivity contribution in [2.75, 3.05) is 27.6 Å². The van der Waals surface area contributed by atoms with E-state index in [4.69, 9.17) is 14.2 Å². The number of amides is 1. The number of carbonyl (C=O) groups is 1. The summed E-state index contributed by atoms with van der Waals surface area (Å²) in [6.45, 7) is 1.80. The highest BCUT2D eigenvalue weighted by Gasteiger charge is 2.19. The molecule has 1 amide bonds. The topological polar surface area (TPSA) is 90.9 Å². The minimum atomic E-state index is -3.39. The quantitative estimate of drug-likeness (QED) is 0.778. The minimum Gasteiger partial charge on any atom is -0.493 e. The summed E-state index contributed by atoms with van der Waals surface area (Å²) < 4.78 is 39.3. The number of sulfone groups is 1. The number of rotatable bonds is 7. The second-order valence-corrected chi connectivity index (χ2v) is 7.97. The van der Waals surface area contributed by atoms with Gasteiger partial charge in [0.2, 0.25) is 5.75 Å². The maximum absolute atomic E-state index is 12.5. The molecule has 0 aliphatic rings. The second kappa shape index (κ2) is 8.30. The molecule has 146 valence electrons. The molecule has 8 heteroatoms. The summed E-state index contributed by atoms with van der Waals surface area (Å²) in [5.74, 6) is 1.03. The summed E-state index contributed by atoms with van der Waals surface area (Å²) in [5, 5.41) is 2.85. The van der Waals surface area contributed by atoms with E-state index in [0.717, 1.165) is 11.8 Å². The number of nitrogens with one attached hydrogen (secondary N) is 1. The van der Waals surface area contributed by atoms with Gasteiger partial charge in [-0.3, -0.25) is 4.79 Å². The van der Waals surface area contributed by atoms with Crippen LogP contribution in [0.25, 0.3) is 0 Å². The van der Waals surface area contributed by atoms with Crippen LogP contribution in [0.3, 0.4) is 0 Å². The Balaban J connectivity index is 2.29. The molecule has 2 rings (SSSR count). The van der Waals surface area contributed by atoms with E-state index in [9.17, 15) is 13.2 Å². The van der Waals surface area contributed by atoms with Crippen LogP contribution in [0.2, 0.25) is 0 Å². The standard InChI is InChI=1S/C19H23NO6S/c1-12(14-10-16(24-2)18(26-4)17(11-14)25-3)20-19(21)13-7-6-8-15(9-13)27(5,22)23/h6-12H,1-5H3,(H,20,21). The number of hydrogen-bond donors (Lipinski definition) is 1. The molecule has 1 unspecified atom stereocenters. The van der Waals surface area contributed by atoms with Crippen molar-refractivity contribution in [2.24, 2.45) is 0 Å². The normalized spacial score (nSPS) is 12.2. The van der Waals surface area contributed by atoms with E-state index in [2.05, 4.69) is 5.32 Å². The molecule has 0 radical (unpaired) electrons. The van der Waals surface area contributed by atoms with Crippen LogP contribution in [0.5, 0.6) is 17.2 Å². The minimum absolute atomic E-state index is 0.0931. The summed E-state index contributed by atoms with van der Waals surface area (Å²) in [6.07, 6.45) is 1.10. The van der Waals surface area contributed by atoms with Crippen LogP contribution in [-0.2, 0) is 9.84 Å². The first-order valence-electron chi connectivity index (χ1n) is 8.12. The maximum Gasteiger partial charge on any atom is 0.251 e. The van der Waals surface area contributed by atoms with Gasteiger partial charge in [0.25, 0.3) is 5.91 Å². The monoisotopic (exact) mass is 393 g/mol. The zero-order valence-corrected chi connectivity index (χ0v) is 16.7. The molecule has 1 N–H and O–H groups in total. The average Bonchev–Trinajstić information content (AvgIpc) is 2.65. The lowest BCUT2D eigenvalue weighted by Gasteiger charge is -2.19. The molecule has 0 saturated carbocycles. The molecule has 0 heterocycles. The number of ether oxygens (including phenoxy) is 3. The summed E-state index contributed by atoms with van der Waals surface area (Å²) in [7, 11) is 1.15. The van der Waals surface area contributed by atoms with E-state index in [-0.39, 0.29) is 22.4 Å². The van der Waals surface area contributed by atoms with Crippen LogP contribution in [0.15, 0.2) is 41.3 Å². The molecule has 2 aromatic carbocycles. The number of hydrogen-bond acceptors (Lipinski definition) is 6. The van der Waals surface area contributed by atoms with Crippen LogP contribution in [0.4, 0.5) is 0 Å². The van der Waals surface area contributed by atoms with Gasteiger partial charge in [-0.25, -0.2) is 8.42 Å². The lowest BCUT2D eigenvalue weighted by Crippen LogP contribution is -2.26. The van der Waals surface area contributed by atoms with Gasteiger partial charge in [-0.2, -0.15) is 0 Å². The first-order chi connectivity index (χ1) is 12.7. The second-order valence-electron chi connectivity index (χ2n) is 5.95. The number of carbonyl (C=O) groups excluding carboxylic acids is 1. The predicted molar refractivity (Wildman–Crippen MR) is 102 cm³/mol. The summed E-state index contributed by atoms with van der Waals surface area (Å²) in [5.41, 5.74) is 1.01. The smallest absolute Gasteiger partial charge is 0.251 e. The Morgan fingerprint density at radius 1 is 1.00 bits per heavy atom. The van der Waals surface area contributed by atoms with E-state index in [0.29, 0.717) is 17.2 Å². The molecular formula is C19H23NO6S. The van der Waals surface area contributed by atoms with Gasteiger partial charge >= 0.3 is 0 Å². The highest BCUT2D eigenvalue weighted by atomic mass is 32.2. The van der Waals surface area contributed by atoms with Gasteiger partial charge in [-0.05, 0) is 42.8 Å². The molecule has 0 bridgehead atoms. The summed E-state index contributed by atoms with van der Waals surface area (Å²) in [6, 6.07) is 9.02. The summed E-state index contributed by atoms with van der Waals surface area (Å²) >= 11 is 0. The van der Waals surface area contributed by atoms with Crippen molar-refractivity contribution in [1.29, 1.82) is 0 Å². The van der Waals surface area contributed by atoms with Gasteiger partial charge in [0, 0.05) is 11.8 Å². The van der Waals surface area contributed by atoms with Crippen LogP contribution in [0.1, 0.15) is 28.9 Å². The largest absolute Gasteiger partial charge is 0.493 e. The first-order valence-corrected chi connectivity index (χ1v) is 10.0. The molecule has 1 atom stereocenters. The fourth-order valence-corrected chi connectivity index (χ4v) is 3.25. The SMILES string of the molecule is COc1cc(C(C)NC(=O)c2cccc(S(C)(=O)=O)c2)cc(OC)c1OC. The Morgan fingerprint density at radius 2 is 1.59 bits per heavy atom. The van der Waals surface area contributed by atoms with Gasteiger partial charge < -0.3 is 19.5 Å². The molecule has 0 aliphatic carbocycles. The van der Waals surface area contributed by atoms with Gasteiger partial charge in [0.1, 0.15) is 0 Å². The molecule has 0 aliphatic heterocycles. The van der Waals surface area contributed by atoms with Crippen molar-refractivity contribution in [2.45, 2.75) is 17.9 Å². The van der Waals surface area contributed by atoms with E-state index in [1.54, 1.807) is 25.1 Å². The first kappa shape index (κ1) is 20.6. The van der Waals surface area contributed by atoms with Crippen LogP contribution >= 0.6 is 0 Å². The lowest BCUT2D eigenvalue weighted by molar-refractivity contribution is 0.0939. The Labute approximate surface area is 159 Å². The third-order valence-electron chi connectivity index (χ3n) is 4.06. The molecule has 7 nitrogen and oxygen atoms in total. The van der Waals surface area contributed by atoms with Crippen molar-refractivity contribution in [3.8, 4) is 17.2 Å². The van der Waals surface area contributed by atoms with Crippen molar-refractivity contribution >= 4 is 15.7 Å². The Bertz CT molecular complexity index is 914. The fraction of sp³-hybridized carbons (Fsp3) is 0.316. The van der Waals surface area contributed by atoms with Gasteiger partial charge in [-0.1, -0.05) is 6.07 Å². The molecule has 27 heavy (non-hydrogen) atoms. The van der Waals surface area contributed by atoms with E-state index < -0.39 is 9.84 Å². The maximum atomic E-state index is 12.5. The number of methoxy groups -OCH3 is 3. The lowest BCUT2D eigenvalue weighted by atomic mass is 10.1. The molecular weight excluding hydrogens is 370 g/mol.